The Hall–Kier alpha value is -3.13. The molecule has 0 unspecified atom stereocenters. The van der Waals surface area contributed by atoms with Crippen molar-refractivity contribution in [2.24, 2.45) is 0 Å². The molecule has 1 aliphatic heterocycles. The first kappa shape index (κ1) is 21.1. The monoisotopic (exact) mass is 442 g/mol. The van der Waals surface area contributed by atoms with Crippen LogP contribution in [-0.2, 0) is 21.3 Å². The highest BCUT2D eigenvalue weighted by molar-refractivity contribution is 7.89. The van der Waals surface area contributed by atoms with Gasteiger partial charge in [-0.1, -0.05) is 30.3 Å². The molecule has 1 saturated heterocycles. The minimum absolute atomic E-state index is 0.0329. The van der Waals surface area contributed by atoms with E-state index in [1.165, 1.54) is 17.4 Å². The van der Waals surface area contributed by atoms with E-state index in [-0.39, 0.29) is 34.5 Å². The molecule has 3 heterocycles. The van der Waals surface area contributed by atoms with Crippen LogP contribution in [0.2, 0.25) is 0 Å². The molecule has 162 valence electrons. The zero-order valence-electron chi connectivity index (χ0n) is 17.2. The summed E-state index contributed by atoms with van der Waals surface area (Å²) < 4.78 is 44.3. The highest BCUT2D eigenvalue weighted by Gasteiger charge is 2.29. The highest BCUT2D eigenvalue weighted by Crippen LogP contribution is 2.33. The van der Waals surface area contributed by atoms with Gasteiger partial charge < -0.3 is 18.5 Å². The largest absolute Gasteiger partial charge is 0.455 e. The fourth-order valence-electron chi connectivity index (χ4n) is 3.39. The number of oxazole rings is 1. The Labute approximate surface area is 180 Å². The zero-order valence-corrected chi connectivity index (χ0v) is 18.1. The lowest BCUT2D eigenvalue weighted by Crippen LogP contribution is -2.36. The van der Waals surface area contributed by atoms with Crippen molar-refractivity contribution in [2.45, 2.75) is 18.4 Å². The van der Waals surface area contributed by atoms with Gasteiger partial charge >= 0.3 is 0 Å². The summed E-state index contributed by atoms with van der Waals surface area (Å²) >= 11 is 0. The zero-order chi connectivity index (χ0) is 22.0. The third kappa shape index (κ3) is 4.20. The maximum absolute atomic E-state index is 13.1. The predicted molar refractivity (Wildman–Crippen MR) is 112 cm³/mol. The van der Waals surface area contributed by atoms with Gasteiger partial charge in [0.05, 0.1) is 13.2 Å². The number of hydrogen-bond acceptors (Lipinski definition) is 8. The Bertz CT molecular complexity index is 1200. The van der Waals surface area contributed by atoms with Crippen LogP contribution in [0.5, 0.6) is 0 Å². The Morgan fingerprint density at radius 1 is 1.19 bits per heavy atom. The van der Waals surface area contributed by atoms with Crippen molar-refractivity contribution < 1.29 is 22.0 Å². The lowest BCUT2D eigenvalue weighted by atomic mass is 10.2. The van der Waals surface area contributed by atoms with E-state index in [0.29, 0.717) is 32.2 Å². The van der Waals surface area contributed by atoms with Gasteiger partial charge in [0, 0.05) is 32.7 Å². The SMILES string of the molecule is Cc1oc(-c2nc(C#N)c(N3CCOCC3)o2)cc1S(=O)(=O)N(C)Cc1ccccc1. The topological polar surface area (TPSA) is 113 Å². The fraction of sp³-hybridized carbons (Fsp3) is 0.333. The van der Waals surface area contributed by atoms with E-state index in [9.17, 15) is 13.7 Å². The van der Waals surface area contributed by atoms with Crippen LogP contribution in [0.4, 0.5) is 5.88 Å². The number of furan rings is 1. The number of hydrogen-bond donors (Lipinski definition) is 0. The normalized spacial score (nSPS) is 14.7. The Morgan fingerprint density at radius 2 is 1.90 bits per heavy atom. The summed E-state index contributed by atoms with van der Waals surface area (Å²) in [5.74, 6) is 0.772. The average Bonchev–Trinajstić information content (AvgIpc) is 3.39. The molecule has 0 amide bonds. The van der Waals surface area contributed by atoms with Crippen LogP contribution in [0.25, 0.3) is 11.7 Å². The molecule has 0 spiro atoms. The lowest BCUT2D eigenvalue weighted by Gasteiger charge is -2.25. The van der Waals surface area contributed by atoms with Crippen molar-refractivity contribution in [2.75, 3.05) is 38.3 Å². The van der Waals surface area contributed by atoms with Gasteiger partial charge in [-0.25, -0.2) is 8.42 Å². The second-order valence-corrected chi connectivity index (χ2v) is 9.18. The van der Waals surface area contributed by atoms with Crippen molar-refractivity contribution in [3.05, 3.63) is 53.4 Å². The Kier molecular flexibility index (Phi) is 5.82. The lowest BCUT2D eigenvalue weighted by molar-refractivity contribution is 0.120. The molecule has 0 atom stereocenters. The molecule has 0 bridgehead atoms. The fourth-order valence-corrected chi connectivity index (χ4v) is 4.71. The second kappa shape index (κ2) is 8.55. The van der Waals surface area contributed by atoms with E-state index in [1.54, 1.807) is 6.92 Å². The number of aromatic nitrogens is 1. The molecule has 10 heteroatoms. The van der Waals surface area contributed by atoms with Crippen molar-refractivity contribution in [1.82, 2.24) is 9.29 Å². The number of morpholine rings is 1. The van der Waals surface area contributed by atoms with Crippen molar-refractivity contribution >= 4 is 15.9 Å². The Balaban J connectivity index is 1.63. The number of ether oxygens (including phenoxy) is 1. The standard InChI is InChI=1S/C21H22N4O5S/c1-15-19(31(26,27)24(2)14-16-6-4-3-5-7-16)12-18(29-15)20-23-17(13-22)21(30-20)25-8-10-28-11-9-25/h3-7,12H,8-11,14H2,1-2H3. The van der Waals surface area contributed by atoms with Crippen LogP contribution in [0.3, 0.4) is 0 Å². The number of aryl methyl sites for hydroxylation is 1. The first-order valence-corrected chi connectivity index (χ1v) is 11.2. The van der Waals surface area contributed by atoms with Gasteiger partial charge in [0.25, 0.3) is 5.89 Å². The van der Waals surface area contributed by atoms with E-state index in [0.717, 1.165) is 5.56 Å². The van der Waals surface area contributed by atoms with Crippen LogP contribution in [0.15, 0.2) is 50.1 Å². The number of rotatable bonds is 6. The molecule has 9 nitrogen and oxygen atoms in total. The molecule has 31 heavy (non-hydrogen) atoms. The Morgan fingerprint density at radius 3 is 2.58 bits per heavy atom. The summed E-state index contributed by atoms with van der Waals surface area (Å²) in [7, 11) is -2.29. The van der Waals surface area contributed by atoms with Gasteiger partial charge in [-0.05, 0) is 12.5 Å². The summed E-state index contributed by atoms with van der Waals surface area (Å²) in [4.78, 5) is 6.12. The average molecular weight is 442 g/mol. The van der Waals surface area contributed by atoms with Crippen molar-refractivity contribution in [3.63, 3.8) is 0 Å². The molecule has 3 aromatic rings. The summed E-state index contributed by atoms with van der Waals surface area (Å²) in [6.45, 7) is 3.99. The third-order valence-corrected chi connectivity index (χ3v) is 6.94. The minimum Gasteiger partial charge on any atom is -0.455 e. The van der Waals surface area contributed by atoms with Gasteiger partial charge in [-0.15, -0.1) is 0 Å². The maximum Gasteiger partial charge on any atom is 0.266 e. The number of nitrogens with zero attached hydrogens (tertiary/aromatic N) is 4. The van der Waals surface area contributed by atoms with Gasteiger partial charge in [-0.3, -0.25) is 0 Å². The van der Waals surface area contributed by atoms with E-state index in [2.05, 4.69) is 4.98 Å². The second-order valence-electron chi connectivity index (χ2n) is 7.16. The summed E-state index contributed by atoms with van der Waals surface area (Å²) in [5, 5.41) is 9.45. The maximum atomic E-state index is 13.1. The molecule has 1 aliphatic rings. The molecule has 1 fully saturated rings. The predicted octanol–water partition coefficient (Wildman–Crippen LogP) is 2.77. The van der Waals surface area contributed by atoms with Crippen LogP contribution in [0.1, 0.15) is 17.0 Å². The first-order chi connectivity index (χ1) is 14.9. The number of benzene rings is 1. The number of anilines is 1. The van der Waals surface area contributed by atoms with E-state index >= 15 is 0 Å². The molecule has 1 aromatic carbocycles. The van der Waals surface area contributed by atoms with Gasteiger partial charge in [0.15, 0.2) is 5.76 Å². The van der Waals surface area contributed by atoms with Crippen LogP contribution in [-0.4, -0.2) is 51.1 Å². The van der Waals surface area contributed by atoms with Gasteiger partial charge in [-0.2, -0.15) is 14.6 Å². The molecule has 2 aromatic heterocycles. The molecular weight excluding hydrogens is 420 g/mol. The summed E-state index contributed by atoms with van der Waals surface area (Å²) in [6.07, 6.45) is 0. The van der Waals surface area contributed by atoms with Crippen molar-refractivity contribution in [1.29, 1.82) is 5.26 Å². The molecule has 0 aliphatic carbocycles. The number of sulfonamides is 1. The summed E-state index contributed by atoms with van der Waals surface area (Å²) in [6, 6.07) is 12.7. The molecular formula is C21H22N4O5S. The van der Waals surface area contributed by atoms with Crippen molar-refractivity contribution in [3.8, 4) is 17.7 Å². The highest BCUT2D eigenvalue weighted by atomic mass is 32.2. The smallest absolute Gasteiger partial charge is 0.266 e. The molecule has 0 radical (unpaired) electrons. The third-order valence-electron chi connectivity index (χ3n) is 5.03. The summed E-state index contributed by atoms with van der Waals surface area (Å²) in [5.41, 5.74) is 0.994. The molecule has 0 saturated carbocycles. The van der Waals surface area contributed by atoms with Crippen LogP contribution >= 0.6 is 0 Å². The van der Waals surface area contributed by atoms with Gasteiger partial charge in [0.2, 0.25) is 21.6 Å². The van der Waals surface area contributed by atoms with Crippen LogP contribution in [0, 0.1) is 18.3 Å². The van der Waals surface area contributed by atoms with Gasteiger partial charge in [0.1, 0.15) is 16.7 Å². The van der Waals surface area contributed by atoms with Crippen LogP contribution < -0.4 is 4.90 Å². The molecule has 0 N–H and O–H groups in total. The van der Waals surface area contributed by atoms with E-state index in [4.69, 9.17) is 13.6 Å². The minimum atomic E-state index is -3.81. The van der Waals surface area contributed by atoms with E-state index < -0.39 is 10.0 Å². The number of nitriles is 1. The quantitative estimate of drug-likeness (QED) is 0.573. The first-order valence-electron chi connectivity index (χ1n) is 9.75. The molecule has 4 rings (SSSR count). The van der Waals surface area contributed by atoms with E-state index in [1.807, 2.05) is 41.3 Å².